The summed E-state index contributed by atoms with van der Waals surface area (Å²) in [5, 5.41) is 0. The number of rotatable bonds is 6. The zero-order chi connectivity index (χ0) is 15.8. The van der Waals surface area contributed by atoms with Gasteiger partial charge in [0.1, 0.15) is 18.5 Å². The smallest absolute Gasteiger partial charge is 0.119 e. The minimum Gasteiger partial charge on any atom is -0.491 e. The molecule has 0 radical (unpaired) electrons. The molecule has 3 heteroatoms. The van der Waals surface area contributed by atoms with Gasteiger partial charge in [-0.1, -0.05) is 38.6 Å². The molecule has 3 nitrogen and oxygen atoms in total. The molecule has 2 bridgehead atoms. The zero-order valence-electron chi connectivity index (χ0n) is 13.8. The molecule has 0 spiro atoms. The van der Waals surface area contributed by atoms with Crippen LogP contribution in [0.15, 0.2) is 42.5 Å². The first kappa shape index (κ1) is 15.6. The quantitative estimate of drug-likeness (QED) is 0.587. The molecule has 2 aliphatic rings. The van der Waals surface area contributed by atoms with Crippen molar-refractivity contribution in [2.24, 2.45) is 5.92 Å². The Morgan fingerprint density at radius 1 is 1.23 bits per heavy atom. The van der Waals surface area contributed by atoms with E-state index in [-0.39, 0.29) is 17.3 Å². The summed E-state index contributed by atoms with van der Waals surface area (Å²) in [6.45, 7) is 12.0. The molecule has 3 rings (SSSR count). The zero-order valence-corrected chi connectivity index (χ0v) is 13.8. The SMILES string of the molecule is C=C1[C@@H](OCCOc2ccccc2)[C@]2(C)CC[C@@]1(C(C)C)O2. The molecule has 0 amide bonds. The van der Waals surface area contributed by atoms with Crippen LogP contribution in [0.1, 0.15) is 33.6 Å². The second kappa shape index (κ2) is 5.71. The molecule has 0 aromatic heterocycles. The molecule has 0 aliphatic carbocycles. The van der Waals surface area contributed by atoms with Crippen LogP contribution in [0.25, 0.3) is 0 Å². The molecule has 22 heavy (non-hydrogen) atoms. The lowest BCUT2D eigenvalue weighted by Gasteiger charge is -2.34. The van der Waals surface area contributed by atoms with E-state index in [9.17, 15) is 0 Å². The molecule has 1 aromatic carbocycles. The fourth-order valence-electron chi connectivity index (χ4n) is 3.85. The number of ether oxygens (including phenoxy) is 3. The van der Waals surface area contributed by atoms with E-state index in [4.69, 9.17) is 14.2 Å². The number of hydrogen-bond acceptors (Lipinski definition) is 3. The maximum absolute atomic E-state index is 6.38. The summed E-state index contributed by atoms with van der Waals surface area (Å²) in [5.74, 6) is 1.30. The summed E-state index contributed by atoms with van der Waals surface area (Å²) in [4.78, 5) is 0. The van der Waals surface area contributed by atoms with Crippen molar-refractivity contribution < 1.29 is 14.2 Å². The molecular weight excluding hydrogens is 276 g/mol. The highest BCUT2D eigenvalue weighted by Gasteiger charge is 2.63. The number of benzene rings is 1. The lowest BCUT2D eigenvalue weighted by atomic mass is 9.72. The van der Waals surface area contributed by atoms with Crippen molar-refractivity contribution in [2.45, 2.75) is 50.9 Å². The summed E-state index contributed by atoms with van der Waals surface area (Å²) in [7, 11) is 0. The third-order valence-corrected chi connectivity index (χ3v) is 5.14. The van der Waals surface area contributed by atoms with Crippen molar-refractivity contribution in [2.75, 3.05) is 13.2 Å². The molecule has 2 aliphatic heterocycles. The largest absolute Gasteiger partial charge is 0.491 e. The Morgan fingerprint density at radius 3 is 2.59 bits per heavy atom. The Kier molecular flexibility index (Phi) is 4.04. The number of hydrogen-bond donors (Lipinski definition) is 0. The second-order valence-corrected chi connectivity index (χ2v) is 6.90. The summed E-state index contributed by atoms with van der Waals surface area (Å²) in [6.07, 6.45) is 2.07. The van der Waals surface area contributed by atoms with Crippen LogP contribution < -0.4 is 4.74 Å². The molecular formula is C19H26O3. The molecule has 2 saturated heterocycles. The molecule has 0 unspecified atom stereocenters. The van der Waals surface area contributed by atoms with Gasteiger partial charge in [0.2, 0.25) is 0 Å². The van der Waals surface area contributed by atoms with Crippen molar-refractivity contribution in [1.29, 1.82) is 0 Å². The van der Waals surface area contributed by atoms with Gasteiger partial charge in [-0.3, -0.25) is 0 Å². The van der Waals surface area contributed by atoms with E-state index in [2.05, 4.69) is 27.4 Å². The van der Waals surface area contributed by atoms with Crippen LogP contribution in [0, 0.1) is 5.92 Å². The van der Waals surface area contributed by atoms with Crippen molar-refractivity contribution in [1.82, 2.24) is 0 Å². The highest BCUT2D eigenvalue weighted by atomic mass is 16.6. The van der Waals surface area contributed by atoms with Gasteiger partial charge >= 0.3 is 0 Å². The Labute approximate surface area is 133 Å². The van der Waals surface area contributed by atoms with Crippen molar-refractivity contribution >= 4 is 0 Å². The van der Waals surface area contributed by atoms with E-state index in [1.807, 2.05) is 30.3 Å². The van der Waals surface area contributed by atoms with Gasteiger partial charge in [-0.05, 0) is 43.4 Å². The maximum Gasteiger partial charge on any atom is 0.119 e. The maximum atomic E-state index is 6.38. The average molecular weight is 302 g/mol. The van der Waals surface area contributed by atoms with Gasteiger partial charge < -0.3 is 14.2 Å². The fourth-order valence-corrected chi connectivity index (χ4v) is 3.85. The Hall–Kier alpha value is -1.32. The van der Waals surface area contributed by atoms with Gasteiger partial charge in [-0.2, -0.15) is 0 Å². The third-order valence-electron chi connectivity index (χ3n) is 5.14. The van der Waals surface area contributed by atoms with Crippen LogP contribution in [0.5, 0.6) is 5.75 Å². The van der Waals surface area contributed by atoms with Crippen LogP contribution in [0.3, 0.4) is 0 Å². The van der Waals surface area contributed by atoms with Gasteiger partial charge in [0.15, 0.2) is 0 Å². The highest BCUT2D eigenvalue weighted by Crippen LogP contribution is 2.57. The predicted octanol–water partition coefficient (Wildman–Crippen LogP) is 3.98. The van der Waals surface area contributed by atoms with E-state index >= 15 is 0 Å². The van der Waals surface area contributed by atoms with Crippen molar-refractivity contribution in [3.8, 4) is 5.75 Å². The standard InChI is InChI=1S/C19H26O3/c1-14(2)19-11-10-18(4,22-19)17(15(19)3)21-13-12-20-16-8-6-5-7-9-16/h5-9,14,17H,3,10-13H2,1-2,4H3/t17-,18+,19+/m1/s1. The fraction of sp³-hybridized carbons (Fsp3) is 0.579. The normalized spacial score (nSPS) is 33.6. The third kappa shape index (κ3) is 2.46. The Morgan fingerprint density at radius 2 is 1.95 bits per heavy atom. The first-order valence-corrected chi connectivity index (χ1v) is 8.17. The van der Waals surface area contributed by atoms with E-state index < -0.39 is 0 Å². The second-order valence-electron chi connectivity index (χ2n) is 6.90. The Balaban J connectivity index is 1.56. The molecule has 120 valence electrons. The molecule has 2 fully saturated rings. The average Bonchev–Trinajstić information content (AvgIpc) is 2.97. The van der Waals surface area contributed by atoms with Gasteiger partial charge in [0.25, 0.3) is 0 Å². The van der Waals surface area contributed by atoms with E-state index in [0.29, 0.717) is 19.1 Å². The van der Waals surface area contributed by atoms with E-state index in [1.165, 1.54) is 0 Å². The van der Waals surface area contributed by atoms with Gasteiger partial charge in [-0.15, -0.1) is 0 Å². The Bertz CT molecular complexity index is 539. The molecule has 3 atom stereocenters. The van der Waals surface area contributed by atoms with Crippen LogP contribution in [0.2, 0.25) is 0 Å². The topological polar surface area (TPSA) is 27.7 Å². The van der Waals surface area contributed by atoms with E-state index in [0.717, 1.165) is 24.2 Å². The van der Waals surface area contributed by atoms with Gasteiger partial charge in [0, 0.05) is 0 Å². The first-order valence-electron chi connectivity index (χ1n) is 8.17. The molecule has 0 N–H and O–H groups in total. The van der Waals surface area contributed by atoms with Crippen LogP contribution in [-0.4, -0.2) is 30.5 Å². The minimum absolute atomic E-state index is 0.0250. The van der Waals surface area contributed by atoms with Crippen LogP contribution >= 0.6 is 0 Å². The summed E-state index contributed by atoms with van der Waals surface area (Å²) in [5.41, 5.74) is 0.685. The molecule has 0 saturated carbocycles. The number of fused-ring (bicyclic) bond motifs is 2. The lowest BCUT2D eigenvalue weighted by Crippen LogP contribution is -2.41. The summed E-state index contributed by atoms with van der Waals surface area (Å²) in [6, 6.07) is 9.82. The minimum atomic E-state index is -0.228. The molecule has 2 heterocycles. The van der Waals surface area contributed by atoms with Crippen LogP contribution in [-0.2, 0) is 9.47 Å². The molecule has 1 aromatic rings. The van der Waals surface area contributed by atoms with E-state index in [1.54, 1.807) is 0 Å². The van der Waals surface area contributed by atoms with Crippen molar-refractivity contribution in [3.05, 3.63) is 42.5 Å². The van der Waals surface area contributed by atoms with Gasteiger partial charge in [0.05, 0.1) is 17.8 Å². The predicted molar refractivity (Wildman–Crippen MR) is 87.1 cm³/mol. The van der Waals surface area contributed by atoms with Crippen molar-refractivity contribution in [3.63, 3.8) is 0 Å². The summed E-state index contributed by atoms with van der Waals surface area (Å²) >= 11 is 0. The first-order chi connectivity index (χ1) is 10.5. The van der Waals surface area contributed by atoms with Crippen LogP contribution in [0.4, 0.5) is 0 Å². The highest BCUT2D eigenvalue weighted by molar-refractivity contribution is 5.33. The number of para-hydroxylation sites is 1. The lowest BCUT2D eigenvalue weighted by molar-refractivity contribution is -0.0949. The summed E-state index contributed by atoms with van der Waals surface area (Å²) < 4.78 is 18.2. The van der Waals surface area contributed by atoms with Gasteiger partial charge in [-0.25, -0.2) is 0 Å². The monoisotopic (exact) mass is 302 g/mol.